The molecule has 17 heavy (non-hydrogen) atoms. The van der Waals surface area contributed by atoms with Crippen molar-refractivity contribution in [2.75, 3.05) is 13.1 Å². The van der Waals surface area contributed by atoms with Crippen molar-refractivity contribution in [3.63, 3.8) is 0 Å². The van der Waals surface area contributed by atoms with Crippen LogP contribution in [0.3, 0.4) is 0 Å². The van der Waals surface area contributed by atoms with Gasteiger partial charge in [0, 0.05) is 32.6 Å². The molecule has 0 amide bonds. The number of rotatable bonds is 1. The Bertz CT molecular complexity index is 395. The van der Waals surface area contributed by atoms with E-state index in [2.05, 4.69) is 5.32 Å². The van der Waals surface area contributed by atoms with Crippen molar-refractivity contribution in [1.82, 2.24) is 10.2 Å². The molecule has 2 nitrogen and oxygen atoms in total. The molecule has 92 valence electrons. The second-order valence-corrected chi connectivity index (χ2v) is 4.90. The summed E-state index contributed by atoms with van der Waals surface area (Å²) in [5, 5.41) is 3.07. The molecule has 2 aliphatic heterocycles. The normalized spacial score (nSPS) is 28.0. The Balaban J connectivity index is 1.79. The highest BCUT2D eigenvalue weighted by Crippen LogP contribution is 2.34. The average molecular weight is 238 g/mol. The van der Waals surface area contributed by atoms with Gasteiger partial charge in [-0.25, -0.2) is 8.78 Å². The van der Waals surface area contributed by atoms with E-state index in [0.717, 1.165) is 0 Å². The first kappa shape index (κ1) is 11.1. The Kier molecular flexibility index (Phi) is 2.64. The Morgan fingerprint density at radius 1 is 1.18 bits per heavy atom. The van der Waals surface area contributed by atoms with E-state index in [9.17, 15) is 8.78 Å². The van der Waals surface area contributed by atoms with Gasteiger partial charge in [0.05, 0.1) is 6.04 Å². The maximum Gasteiger partial charge on any atom is 0.265 e. The molecule has 0 spiro atoms. The van der Waals surface area contributed by atoms with Crippen LogP contribution < -0.4 is 5.32 Å². The Morgan fingerprint density at radius 3 is 2.41 bits per heavy atom. The molecule has 1 fully saturated rings. The number of nitrogens with one attached hydrogen (secondary N) is 1. The van der Waals surface area contributed by atoms with E-state index >= 15 is 0 Å². The zero-order chi connectivity index (χ0) is 11.9. The van der Waals surface area contributed by atoms with Crippen LogP contribution >= 0.6 is 0 Å². The minimum Gasteiger partial charge on any atom is -0.315 e. The summed E-state index contributed by atoms with van der Waals surface area (Å²) in [5.74, 6) is -2.56. The standard InChI is InChI=1S/C13H16F2N2/c14-13(15)5-6-16-7-12(13)17-8-10-3-1-2-4-11(10)9-17/h1-4,12,16H,5-9H2/t12-/m0/s1. The maximum absolute atomic E-state index is 13.9. The van der Waals surface area contributed by atoms with Crippen LogP contribution in [0.2, 0.25) is 0 Å². The largest absolute Gasteiger partial charge is 0.315 e. The lowest BCUT2D eigenvalue weighted by molar-refractivity contribution is -0.101. The van der Waals surface area contributed by atoms with Crippen LogP contribution in [0.4, 0.5) is 8.78 Å². The summed E-state index contributed by atoms with van der Waals surface area (Å²) in [7, 11) is 0. The van der Waals surface area contributed by atoms with Crippen LogP contribution in [-0.4, -0.2) is 30.0 Å². The molecular weight excluding hydrogens is 222 g/mol. The summed E-state index contributed by atoms with van der Waals surface area (Å²) in [6, 6.07) is 7.34. The van der Waals surface area contributed by atoms with Gasteiger partial charge in [-0.05, 0) is 11.1 Å². The van der Waals surface area contributed by atoms with Crippen LogP contribution in [0.5, 0.6) is 0 Å². The third-order valence-electron chi connectivity index (χ3n) is 3.77. The van der Waals surface area contributed by atoms with E-state index in [4.69, 9.17) is 0 Å². The van der Waals surface area contributed by atoms with Crippen LogP contribution in [0.1, 0.15) is 17.5 Å². The molecule has 0 aliphatic carbocycles. The van der Waals surface area contributed by atoms with E-state index in [1.54, 1.807) is 0 Å². The molecule has 0 saturated carbocycles. The summed E-state index contributed by atoms with van der Waals surface area (Å²) in [5.41, 5.74) is 2.38. The minimum atomic E-state index is -2.56. The first-order chi connectivity index (χ1) is 8.17. The number of alkyl halides is 2. The van der Waals surface area contributed by atoms with Crippen LogP contribution in [-0.2, 0) is 13.1 Å². The number of benzene rings is 1. The van der Waals surface area contributed by atoms with Crippen molar-refractivity contribution in [2.45, 2.75) is 31.5 Å². The third-order valence-corrected chi connectivity index (χ3v) is 3.77. The van der Waals surface area contributed by atoms with Gasteiger partial charge < -0.3 is 5.32 Å². The summed E-state index contributed by atoms with van der Waals surface area (Å²) >= 11 is 0. The van der Waals surface area contributed by atoms with E-state index < -0.39 is 12.0 Å². The molecule has 0 radical (unpaired) electrons. The smallest absolute Gasteiger partial charge is 0.265 e. The SMILES string of the molecule is FC1(F)CCNC[C@@H]1N1Cc2ccccc2C1. The molecule has 0 unspecified atom stereocenters. The lowest BCUT2D eigenvalue weighted by Gasteiger charge is -2.37. The molecule has 1 saturated heterocycles. The van der Waals surface area contributed by atoms with Crippen LogP contribution in [0.25, 0.3) is 0 Å². The van der Waals surface area contributed by atoms with Crippen molar-refractivity contribution in [1.29, 1.82) is 0 Å². The predicted octanol–water partition coefficient (Wildman–Crippen LogP) is 2.00. The summed E-state index contributed by atoms with van der Waals surface area (Å²) in [6.07, 6.45) is -0.0511. The maximum atomic E-state index is 13.9. The number of halogens is 2. The Hall–Kier alpha value is -1.00. The molecule has 2 aliphatic rings. The summed E-state index contributed by atoms with van der Waals surface area (Å²) in [6.45, 7) is 2.11. The summed E-state index contributed by atoms with van der Waals surface area (Å²) < 4.78 is 27.7. The van der Waals surface area contributed by atoms with Gasteiger partial charge in [-0.15, -0.1) is 0 Å². The van der Waals surface area contributed by atoms with Crippen molar-refractivity contribution in [3.8, 4) is 0 Å². The monoisotopic (exact) mass is 238 g/mol. The quantitative estimate of drug-likeness (QED) is 0.805. The second-order valence-electron chi connectivity index (χ2n) is 4.90. The molecule has 0 aromatic heterocycles. The van der Waals surface area contributed by atoms with Crippen molar-refractivity contribution < 1.29 is 8.78 Å². The van der Waals surface area contributed by atoms with Crippen LogP contribution in [0, 0.1) is 0 Å². The molecule has 4 heteroatoms. The molecule has 2 heterocycles. The van der Waals surface area contributed by atoms with Gasteiger partial charge >= 0.3 is 0 Å². The Labute approximate surface area is 99.6 Å². The van der Waals surface area contributed by atoms with Gasteiger partial charge in [0.25, 0.3) is 5.92 Å². The lowest BCUT2D eigenvalue weighted by atomic mass is 10.0. The highest BCUT2D eigenvalue weighted by atomic mass is 19.3. The molecular formula is C13H16F2N2. The van der Waals surface area contributed by atoms with Crippen molar-refractivity contribution in [3.05, 3.63) is 35.4 Å². The lowest BCUT2D eigenvalue weighted by Crippen LogP contribution is -2.56. The third kappa shape index (κ3) is 1.96. The number of nitrogens with zero attached hydrogens (tertiary/aromatic N) is 1. The van der Waals surface area contributed by atoms with Gasteiger partial charge in [-0.2, -0.15) is 0 Å². The number of hydrogen-bond acceptors (Lipinski definition) is 2. The molecule has 1 aromatic carbocycles. The predicted molar refractivity (Wildman–Crippen MR) is 61.9 cm³/mol. The number of hydrogen-bond donors (Lipinski definition) is 1. The van der Waals surface area contributed by atoms with E-state index in [1.807, 2.05) is 29.2 Å². The second kappa shape index (κ2) is 4.03. The highest BCUT2D eigenvalue weighted by molar-refractivity contribution is 5.30. The number of piperidine rings is 1. The fraction of sp³-hybridized carbons (Fsp3) is 0.538. The molecule has 1 N–H and O–H groups in total. The van der Waals surface area contributed by atoms with E-state index in [-0.39, 0.29) is 6.42 Å². The van der Waals surface area contributed by atoms with E-state index in [0.29, 0.717) is 26.2 Å². The molecule has 0 bridgehead atoms. The zero-order valence-corrected chi connectivity index (χ0v) is 9.63. The first-order valence-corrected chi connectivity index (χ1v) is 6.06. The van der Waals surface area contributed by atoms with Gasteiger partial charge in [0.2, 0.25) is 0 Å². The fourth-order valence-corrected chi connectivity index (χ4v) is 2.79. The number of fused-ring (bicyclic) bond motifs is 1. The van der Waals surface area contributed by atoms with E-state index in [1.165, 1.54) is 11.1 Å². The van der Waals surface area contributed by atoms with Gasteiger partial charge in [0.15, 0.2) is 0 Å². The summed E-state index contributed by atoms with van der Waals surface area (Å²) in [4.78, 5) is 1.90. The average Bonchev–Trinajstić information content (AvgIpc) is 2.71. The molecule has 1 atom stereocenters. The fourth-order valence-electron chi connectivity index (χ4n) is 2.79. The topological polar surface area (TPSA) is 15.3 Å². The van der Waals surface area contributed by atoms with Gasteiger partial charge in [-0.1, -0.05) is 24.3 Å². The zero-order valence-electron chi connectivity index (χ0n) is 9.63. The minimum absolute atomic E-state index is 0.0511. The van der Waals surface area contributed by atoms with Crippen LogP contribution in [0.15, 0.2) is 24.3 Å². The highest BCUT2D eigenvalue weighted by Gasteiger charge is 2.45. The van der Waals surface area contributed by atoms with Crippen molar-refractivity contribution in [2.24, 2.45) is 0 Å². The molecule has 3 rings (SSSR count). The van der Waals surface area contributed by atoms with Gasteiger partial charge in [0.1, 0.15) is 0 Å². The van der Waals surface area contributed by atoms with Crippen molar-refractivity contribution >= 4 is 0 Å². The first-order valence-electron chi connectivity index (χ1n) is 6.06. The Morgan fingerprint density at radius 2 is 1.82 bits per heavy atom. The van der Waals surface area contributed by atoms with Gasteiger partial charge in [-0.3, -0.25) is 4.90 Å². The molecule has 1 aromatic rings.